The molecule has 0 radical (unpaired) electrons. The summed E-state index contributed by atoms with van der Waals surface area (Å²) in [6, 6.07) is 13.9. The molecular weight excluding hydrogens is 341 g/mol. The van der Waals surface area contributed by atoms with Crippen LogP contribution in [-0.2, 0) is 0 Å². The number of hydrogen-bond donors (Lipinski definition) is 1. The molecular formula is C22H22FN3O. The van der Waals surface area contributed by atoms with Crippen LogP contribution in [0.15, 0.2) is 54.7 Å². The minimum atomic E-state index is -0.258. The number of H-pyrrole nitrogens is 1. The van der Waals surface area contributed by atoms with Crippen LogP contribution >= 0.6 is 0 Å². The molecule has 1 amide bonds. The molecule has 138 valence electrons. The van der Waals surface area contributed by atoms with Gasteiger partial charge in [-0.2, -0.15) is 0 Å². The van der Waals surface area contributed by atoms with Crippen LogP contribution in [0.2, 0.25) is 0 Å². The largest absolute Gasteiger partial charge is 0.346 e. The van der Waals surface area contributed by atoms with E-state index in [0.29, 0.717) is 17.0 Å². The molecule has 4 nitrogen and oxygen atoms in total. The number of nitrogens with zero attached hydrogens (tertiary/aromatic N) is 2. The average molecular weight is 363 g/mol. The van der Waals surface area contributed by atoms with Gasteiger partial charge in [-0.3, -0.25) is 4.79 Å². The number of aromatic amines is 1. The van der Waals surface area contributed by atoms with E-state index in [0.717, 1.165) is 43.0 Å². The van der Waals surface area contributed by atoms with E-state index in [2.05, 4.69) is 9.97 Å². The first-order chi connectivity index (χ1) is 13.1. The summed E-state index contributed by atoms with van der Waals surface area (Å²) >= 11 is 0. The van der Waals surface area contributed by atoms with E-state index in [4.69, 9.17) is 0 Å². The Morgan fingerprint density at radius 2 is 1.81 bits per heavy atom. The summed E-state index contributed by atoms with van der Waals surface area (Å²) in [6.45, 7) is 3.44. The minimum absolute atomic E-state index is 0.0316. The Morgan fingerprint density at radius 1 is 1.11 bits per heavy atom. The van der Waals surface area contributed by atoms with Crippen molar-refractivity contribution in [3.05, 3.63) is 77.6 Å². The number of rotatable bonds is 3. The van der Waals surface area contributed by atoms with Gasteiger partial charge in [0.2, 0.25) is 0 Å². The zero-order valence-corrected chi connectivity index (χ0v) is 15.3. The molecule has 0 bridgehead atoms. The second-order valence-corrected chi connectivity index (χ2v) is 7.08. The summed E-state index contributed by atoms with van der Waals surface area (Å²) in [5.41, 5.74) is 3.03. The first kappa shape index (κ1) is 17.5. The second kappa shape index (κ2) is 7.35. The number of piperidine rings is 1. The predicted octanol–water partition coefficient (Wildman–Crippen LogP) is 4.54. The molecule has 1 fully saturated rings. The zero-order chi connectivity index (χ0) is 18.8. The number of carbonyl (C=O) groups excluding carboxylic acids is 1. The molecule has 1 aliphatic rings. The number of carbonyl (C=O) groups is 1. The Morgan fingerprint density at radius 3 is 2.44 bits per heavy atom. The van der Waals surface area contributed by atoms with E-state index in [1.54, 1.807) is 24.3 Å². The van der Waals surface area contributed by atoms with Crippen LogP contribution in [0.1, 0.15) is 40.6 Å². The molecule has 0 atom stereocenters. The van der Waals surface area contributed by atoms with E-state index in [1.165, 1.54) is 6.07 Å². The standard InChI is InChI=1S/C22H22FN3O/c1-15-14-24-21(25-15)17-10-12-26(13-11-17)22(27)18-8-6-16(7-9-18)19-4-2-3-5-20(19)23/h2-9,14,17H,10-13H2,1H3,(H,24,25). The van der Waals surface area contributed by atoms with Gasteiger partial charge in [-0.25, -0.2) is 9.37 Å². The topological polar surface area (TPSA) is 49.0 Å². The van der Waals surface area contributed by atoms with E-state index in [-0.39, 0.29) is 11.7 Å². The van der Waals surface area contributed by atoms with Gasteiger partial charge in [-0.15, -0.1) is 0 Å². The lowest BCUT2D eigenvalue weighted by Crippen LogP contribution is -2.38. The summed E-state index contributed by atoms with van der Waals surface area (Å²) in [5.74, 6) is 1.18. The summed E-state index contributed by atoms with van der Waals surface area (Å²) in [5, 5.41) is 0. The van der Waals surface area contributed by atoms with Crippen LogP contribution < -0.4 is 0 Å². The van der Waals surface area contributed by atoms with Crippen LogP contribution in [0.4, 0.5) is 4.39 Å². The van der Waals surface area contributed by atoms with Crippen molar-refractivity contribution < 1.29 is 9.18 Å². The number of aromatic nitrogens is 2. The first-order valence-corrected chi connectivity index (χ1v) is 9.27. The predicted molar refractivity (Wildman–Crippen MR) is 103 cm³/mol. The lowest BCUT2D eigenvalue weighted by Gasteiger charge is -2.31. The first-order valence-electron chi connectivity index (χ1n) is 9.27. The van der Waals surface area contributed by atoms with Gasteiger partial charge in [0.05, 0.1) is 0 Å². The van der Waals surface area contributed by atoms with E-state index in [1.807, 2.05) is 36.2 Å². The van der Waals surface area contributed by atoms with Crippen molar-refractivity contribution in [2.75, 3.05) is 13.1 Å². The molecule has 1 aliphatic heterocycles. The summed E-state index contributed by atoms with van der Waals surface area (Å²) in [4.78, 5) is 22.4. The highest BCUT2D eigenvalue weighted by Crippen LogP contribution is 2.27. The molecule has 1 saturated heterocycles. The maximum atomic E-state index is 13.9. The highest BCUT2D eigenvalue weighted by Gasteiger charge is 2.26. The summed E-state index contributed by atoms with van der Waals surface area (Å²) in [6.07, 6.45) is 3.67. The van der Waals surface area contributed by atoms with Crippen LogP contribution in [-0.4, -0.2) is 33.9 Å². The molecule has 27 heavy (non-hydrogen) atoms. The number of halogens is 1. The molecule has 0 spiro atoms. The van der Waals surface area contributed by atoms with Gasteiger partial charge in [-0.05, 0) is 43.5 Å². The number of amides is 1. The lowest BCUT2D eigenvalue weighted by molar-refractivity contribution is 0.0711. The van der Waals surface area contributed by atoms with E-state index in [9.17, 15) is 9.18 Å². The SMILES string of the molecule is Cc1cnc(C2CCN(C(=O)c3ccc(-c4ccccc4F)cc3)CC2)[nH]1. The quantitative estimate of drug-likeness (QED) is 0.742. The maximum Gasteiger partial charge on any atom is 0.253 e. The van der Waals surface area contributed by atoms with Crippen molar-refractivity contribution in [1.29, 1.82) is 0 Å². The monoisotopic (exact) mass is 363 g/mol. The normalized spacial score (nSPS) is 15.1. The zero-order valence-electron chi connectivity index (χ0n) is 15.3. The van der Waals surface area contributed by atoms with Crippen LogP contribution in [0.25, 0.3) is 11.1 Å². The molecule has 0 unspecified atom stereocenters. The Kier molecular flexibility index (Phi) is 4.75. The molecule has 0 saturated carbocycles. The van der Waals surface area contributed by atoms with Gasteiger partial charge in [0.1, 0.15) is 11.6 Å². The molecule has 3 aromatic rings. The van der Waals surface area contributed by atoms with Crippen molar-refractivity contribution in [1.82, 2.24) is 14.9 Å². The number of aryl methyl sites for hydroxylation is 1. The molecule has 4 rings (SSSR count). The Hall–Kier alpha value is -2.95. The summed E-state index contributed by atoms with van der Waals surface area (Å²) < 4.78 is 13.9. The fraction of sp³-hybridized carbons (Fsp3) is 0.273. The fourth-order valence-corrected chi connectivity index (χ4v) is 3.67. The van der Waals surface area contributed by atoms with Crippen molar-refractivity contribution in [2.24, 2.45) is 0 Å². The molecule has 5 heteroatoms. The third kappa shape index (κ3) is 3.63. The number of hydrogen-bond acceptors (Lipinski definition) is 2. The van der Waals surface area contributed by atoms with Crippen LogP contribution in [0.3, 0.4) is 0 Å². The Bertz CT molecular complexity index is 940. The number of benzene rings is 2. The third-order valence-electron chi connectivity index (χ3n) is 5.21. The molecule has 0 aliphatic carbocycles. The maximum absolute atomic E-state index is 13.9. The van der Waals surface area contributed by atoms with Gasteiger partial charge in [0.25, 0.3) is 5.91 Å². The molecule has 2 heterocycles. The van der Waals surface area contributed by atoms with Crippen molar-refractivity contribution in [3.8, 4) is 11.1 Å². The lowest BCUT2D eigenvalue weighted by atomic mass is 9.95. The number of imidazole rings is 1. The van der Waals surface area contributed by atoms with Crippen LogP contribution in [0.5, 0.6) is 0 Å². The van der Waals surface area contributed by atoms with Gasteiger partial charge in [-0.1, -0.05) is 30.3 Å². The van der Waals surface area contributed by atoms with Crippen molar-refractivity contribution in [2.45, 2.75) is 25.7 Å². The Labute approximate surface area is 158 Å². The van der Waals surface area contributed by atoms with Gasteiger partial charge in [0.15, 0.2) is 0 Å². The Balaban J connectivity index is 1.42. The molecule has 1 aromatic heterocycles. The van der Waals surface area contributed by atoms with Gasteiger partial charge >= 0.3 is 0 Å². The van der Waals surface area contributed by atoms with E-state index < -0.39 is 0 Å². The fourth-order valence-electron chi connectivity index (χ4n) is 3.67. The molecule has 1 N–H and O–H groups in total. The highest BCUT2D eigenvalue weighted by atomic mass is 19.1. The smallest absolute Gasteiger partial charge is 0.253 e. The average Bonchev–Trinajstić information content (AvgIpc) is 3.14. The van der Waals surface area contributed by atoms with Crippen LogP contribution in [0, 0.1) is 12.7 Å². The highest BCUT2D eigenvalue weighted by molar-refractivity contribution is 5.94. The van der Waals surface area contributed by atoms with Gasteiger partial charge in [0, 0.05) is 42.0 Å². The summed E-state index contributed by atoms with van der Waals surface area (Å²) in [7, 11) is 0. The van der Waals surface area contributed by atoms with Gasteiger partial charge < -0.3 is 9.88 Å². The van der Waals surface area contributed by atoms with E-state index >= 15 is 0 Å². The van der Waals surface area contributed by atoms with Crippen molar-refractivity contribution >= 4 is 5.91 Å². The number of likely N-dealkylation sites (tertiary alicyclic amines) is 1. The van der Waals surface area contributed by atoms with Crippen molar-refractivity contribution in [3.63, 3.8) is 0 Å². The molecule has 2 aromatic carbocycles. The third-order valence-corrected chi connectivity index (χ3v) is 5.21. The number of nitrogens with one attached hydrogen (secondary N) is 1. The minimum Gasteiger partial charge on any atom is -0.346 e. The second-order valence-electron chi connectivity index (χ2n) is 7.08.